The summed E-state index contributed by atoms with van der Waals surface area (Å²) in [5, 5.41) is 5.09. The Labute approximate surface area is 214 Å². The number of amides is 1. The molecule has 0 spiro atoms. The lowest BCUT2D eigenvalue weighted by Crippen LogP contribution is -2.26. The molecule has 0 saturated carbocycles. The highest BCUT2D eigenvalue weighted by Crippen LogP contribution is 2.34. The third-order valence-electron chi connectivity index (χ3n) is 6.37. The molecule has 0 atom stereocenters. The molecule has 0 bridgehead atoms. The van der Waals surface area contributed by atoms with Gasteiger partial charge in [-0.1, -0.05) is 106 Å². The fraction of sp³-hybridized carbons (Fsp3) is 0.448. The number of nitrogens with one attached hydrogen (secondary N) is 1. The van der Waals surface area contributed by atoms with Crippen molar-refractivity contribution in [2.24, 2.45) is 0 Å². The van der Waals surface area contributed by atoms with Crippen LogP contribution in [0, 0.1) is 6.92 Å². The van der Waals surface area contributed by atoms with Gasteiger partial charge in [0.15, 0.2) is 0 Å². The predicted molar refractivity (Wildman–Crippen MR) is 146 cm³/mol. The number of hydrogen-bond donors (Lipinski definition) is 1. The normalized spacial score (nSPS) is 11.2. The van der Waals surface area contributed by atoms with Crippen molar-refractivity contribution < 1.29 is 4.79 Å². The average molecular weight is 500 g/mol. The number of rotatable bonds is 13. The molecule has 0 aliphatic rings. The van der Waals surface area contributed by atoms with E-state index in [1.807, 2.05) is 37.3 Å². The van der Waals surface area contributed by atoms with Gasteiger partial charge >= 0.3 is 0 Å². The quantitative estimate of drug-likeness (QED) is 0.238. The zero-order chi connectivity index (χ0) is 24.3. The van der Waals surface area contributed by atoms with E-state index in [0.29, 0.717) is 27.8 Å². The van der Waals surface area contributed by atoms with Crippen molar-refractivity contribution >= 4 is 40.0 Å². The largest absolute Gasteiger partial charge is 0.352 e. The van der Waals surface area contributed by atoms with Crippen LogP contribution in [-0.4, -0.2) is 17.4 Å². The Hall–Kier alpha value is -2.10. The zero-order valence-electron chi connectivity index (χ0n) is 20.4. The molecule has 1 heterocycles. The molecule has 34 heavy (non-hydrogen) atoms. The van der Waals surface area contributed by atoms with Crippen LogP contribution in [0.3, 0.4) is 0 Å². The molecule has 2 aromatic carbocycles. The topological polar surface area (TPSA) is 42.0 Å². The molecular formula is C29H36Cl2N2O. The van der Waals surface area contributed by atoms with Crippen LogP contribution < -0.4 is 5.32 Å². The van der Waals surface area contributed by atoms with Gasteiger partial charge in [-0.2, -0.15) is 0 Å². The van der Waals surface area contributed by atoms with Gasteiger partial charge in [0.25, 0.3) is 5.91 Å². The number of unbranched alkanes of at least 4 members (excludes halogenated alkanes) is 9. The van der Waals surface area contributed by atoms with Crippen LogP contribution in [0.25, 0.3) is 22.2 Å². The van der Waals surface area contributed by atoms with Crippen molar-refractivity contribution in [3.05, 3.63) is 63.6 Å². The van der Waals surface area contributed by atoms with E-state index in [2.05, 4.69) is 12.2 Å². The monoisotopic (exact) mass is 498 g/mol. The van der Waals surface area contributed by atoms with E-state index in [9.17, 15) is 4.79 Å². The second-order valence-electron chi connectivity index (χ2n) is 9.04. The molecule has 3 rings (SSSR count). The number of aromatic nitrogens is 1. The van der Waals surface area contributed by atoms with Crippen molar-refractivity contribution in [2.45, 2.75) is 78.1 Å². The first-order valence-corrected chi connectivity index (χ1v) is 13.4. The SMILES string of the molecule is CCCCCCCCCCCCNC(=O)c1c(C)c(-c2ccc(Cl)cc2Cl)nc2ccccc12. The smallest absolute Gasteiger partial charge is 0.252 e. The van der Waals surface area contributed by atoms with Crippen LogP contribution in [0.1, 0.15) is 87.1 Å². The lowest BCUT2D eigenvalue weighted by atomic mass is 9.97. The molecule has 0 saturated heterocycles. The Kier molecular flexibility index (Phi) is 10.7. The summed E-state index contributed by atoms with van der Waals surface area (Å²) < 4.78 is 0. The maximum Gasteiger partial charge on any atom is 0.252 e. The molecule has 5 heteroatoms. The van der Waals surface area contributed by atoms with E-state index in [4.69, 9.17) is 28.2 Å². The van der Waals surface area contributed by atoms with Gasteiger partial charge in [0.1, 0.15) is 0 Å². The number of benzene rings is 2. The summed E-state index contributed by atoms with van der Waals surface area (Å²) in [4.78, 5) is 18.1. The summed E-state index contributed by atoms with van der Waals surface area (Å²) in [6, 6.07) is 13.1. The summed E-state index contributed by atoms with van der Waals surface area (Å²) in [7, 11) is 0. The number of para-hydroxylation sites is 1. The maximum atomic E-state index is 13.3. The van der Waals surface area contributed by atoms with Gasteiger partial charge in [-0.25, -0.2) is 4.98 Å². The highest BCUT2D eigenvalue weighted by molar-refractivity contribution is 6.36. The van der Waals surface area contributed by atoms with Crippen LogP contribution in [-0.2, 0) is 0 Å². The van der Waals surface area contributed by atoms with Crippen LogP contribution in [0.4, 0.5) is 0 Å². The first-order valence-electron chi connectivity index (χ1n) is 12.7. The summed E-state index contributed by atoms with van der Waals surface area (Å²) >= 11 is 12.6. The minimum absolute atomic E-state index is 0.0571. The van der Waals surface area contributed by atoms with E-state index >= 15 is 0 Å². The number of nitrogens with zero attached hydrogens (tertiary/aromatic N) is 1. The molecule has 1 aromatic heterocycles. The molecule has 3 aromatic rings. The Morgan fingerprint density at radius 3 is 2.21 bits per heavy atom. The standard InChI is InChI=1S/C29H36Cl2N2O/c1-3-4-5-6-7-8-9-10-11-14-19-32-29(34)27-21(2)28(23-18-17-22(30)20-25(23)31)33-26-16-13-12-15-24(26)27/h12-13,15-18,20H,3-11,14,19H2,1-2H3,(H,32,34). The highest BCUT2D eigenvalue weighted by atomic mass is 35.5. The summed E-state index contributed by atoms with van der Waals surface area (Å²) in [5.74, 6) is -0.0571. The Morgan fingerprint density at radius 2 is 1.53 bits per heavy atom. The molecule has 0 fully saturated rings. The number of hydrogen-bond acceptors (Lipinski definition) is 2. The molecule has 0 aliphatic carbocycles. The van der Waals surface area contributed by atoms with Gasteiger partial charge in [-0.05, 0) is 43.2 Å². The van der Waals surface area contributed by atoms with Crippen molar-refractivity contribution in [1.82, 2.24) is 10.3 Å². The van der Waals surface area contributed by atoms with E-state index in [0.717, 1.165) is 34.9 Å². The highest BCUT2D eigenvalue weighted by Gasteiger charge is 2.20. The van der Waals surface area contributed by atoms with Crippen molar-refractivity contribution in [3.63, 3.8) is 0 Å². The van der Waals surface area contributed by atoms with Crippen molar-refractivity contribution in [1.29, 1.82) is 0 Å². The summed E-state index contributed by atoms with van der Waals surface area (Å²) in [5.41, 5.74) is 3.75. The average Bonchev–Trinajstić information content (AvgIpc) is 2.82. The van der Waals surface area contributed by atoms with Gasteiger partial charge in [0, 0.05) is 22.5 Å². The fourth-order valence-electron chi connectivity index (χ4n) is 4.45. The summed E-state index contributed by atoms with van der Waals surface area (Å²) in [6.45, 7) is 4.88. The first kappa shape index (κ1) is 26.5. The molecule has 1 N–H and O–H groups in total. The minimum atomic E-state index is -0.0571. The van der Waals surface area contributed by atoms with Gasteiger partial charge in [0.05, 0.1) is 21.8 Å². The van der Waals surface area contributed by atoms with Crippen LogP contribution in [0.5, 0.6) is 0 Å². The predicted octanol–water partition coefficient (Wildman–Crippen LogP) is 9.17. The summed E-state index contributed by atoms with van der Waals surface area (Å²) in [6.07, 6.45) is 12.8. The van der Waals surface area contributed by atoms with Gasteiger partial charge < -0.3 is 5.32 Å². The van der Waals surface area contributed by atoms with Gasteiger partial charge in [-0.15, -0.1) is 0 Å². The van der Waals surface area contributed by atoms with Gasteiger partial charge in [0.2, 0.25) is 0 Å². The lowest BCUT2D eigenvalue weighted by Gasteiger charge is -2.15. The second-order valence-corrected chi connectivity index (χ2v) is 9.88. The fourth-order valence-corrected chi connectivity index (χ4v) is 4.94. The number of halogens is 2. The lowest BCUT2D eigenvalue weighted by molar-refractivity contribution is 0.0954. The molecule has 0 unspecified atom stereocenters. The Morgan fingerprint density at radius 1 is 0.882 bits per heavy atom. The molecule has 3 nitrogen and oxygen atoms in total. The van der Waals surface area contributed by atoms with E-state index in [-0.39, 0.29) is 5.91 Å². The second kappa shape index (κ2) is 13.7. The molecule has 1 amide bonds. The Bertz CT molecular complexity index is 1100. The molecule has 0 radical (unpaired) electrons. The number of carbonyl (C=O) groups is 1. The third kappa shape index (κ3) is 7.20. The van der Waals surface area contributed by atoms with Crippen LogP contribution in [0.2, 0.25) is 10.0 Å². The number of fused-ring (bicyclic) bond motifs is 1. The number of carbonyl (C=O) groups excluding carboxylic acids is 1. The van der Waals surface area contributed by atoms with E-state index in [1.165, 1.54) is 51.4 Å². The number of pyridine rings is 1. The van der Waals surface area contributed by atoms with Crippen LogP contribution >= 0.6 is 23.2 Å². The van der Waals surface area contributed by atoms with Crippen molar-refractivity contribution in [3.8, 4) is 11.3 Å². The molecule has 182 valence electrons. The van der Waals surface area contributed by atoms with E-state index in [1.54, 1.807) is 12.1 Å². The molecule has 0 aliphatic heterocycles. The zero-order valence-corrected chi connectivity index (χ0v) is 21.9. The van der Waals surface area contributed by atoms with Crippen LogP contribution in [0.15, 0.2) is 42.5 Å². The molecular weight excluding hydrogens is 463 g/mol. The Balaban J connectivity index is 1.62. The minimum Gasteiger partial charge on any atom is -0.352 e. The van der Waals surface area contributed by atoms with Crippen molar-refractivity contribution in [2.75, 3.05) is 6.54 Å². The first-order chi connectivity index (χ1) is 16.5. The van der Waals surface area contributed by atoms with E-state index < -0.39 is 0 Å². The third-order valence-corrected chi connectivity index (χ3v) is 6.91. The van der Waals surface area contributed by atoms with Gasteiger partial charge in [-0.3, -0.25) is 4.79 Å². The maximum absolute atomic E-state index is 13.3.